The van der Waals surface area contributed by atoms with E-state index < -0.39 is 5.91 Å². The van der Waals surface area contributed by atoms with Crippen LogP contribution in [0.4, 0.5) is 0 Å². The van der Waals surface area contributed by atoms with Crippen molar-refractivity contribution in [2.75, 3.05) is 6.61 Å². The summed E-state index contributed by atoms with van der Waals surface area (Å²) in [5.41, 5.74) is 8.57. The van der Waals surface area contributed by atoms with E-state index in [0.29, 0.717) is 12.3 Å². The molecule has 0 saturated heterocycles. The van der Waals surface area contributed by atoms with Gasteiger partial charge in [-0.25, -0.2) is 0 Å². The molecule has 0 aliphatic heterocycles. The Morgan fingerprint density at radius 1 is 1.08 bits per heavy atom. The van der Waals surface area contributed by atoms with Gasteiger partial charge < -0.3 is 15.5 Å². The predicted molar refractivity (Wildman–Crippen MR) is 96.4 cm³/mol. The molecule has 0 aliphatic rings. The van der Waals surface area contributed by atoms with E-state index in [-0.39, 0.29) is 18.3 Å². The number of nitrogens with one attached hydrogen (secondary N) is 1. The number of aromatic amines is 1. The zero-order chi connectivity index (χ0) is 17.8. The molecule has 3 N–H and O–H groups in total. The predicted octanol–water partition coefficient (Wildman–Crippen LogP) is 3.35. The number of benzene rings is 2. The number of rotatable bonds is 6. The highest BCUT2D eigenvalue weighted by Gasteiger charge is 2.20. The van der Waals surface area contributed by atoms with Gasteiger partial charge >= 0.3 is 5.97 Å². The summed E-state index contributed by atoms with van der Waals surface area (Å²) in [6.07, 6.45) is 0.260. The van der Waals surface area contributed by atoms with Gasteiger partial charge in [-0.05, 0) is 36.2 Å². The second kappa shape index (κ2) is 7.21. The van der Waals surface area contributed by atoms with Crippen LogP contribution in [0.3, 0.4) is 0 Å². The Labute approximate surface area is 145 Å². The molecule has 0 bridgehead atoms. The summed E-state index contributed by atoms with van der Waals surface area (Å²) in [6.45, 7) is 2.16. The van der Waals surface area contributed by atoms with E-state index in [2.05, 4.69) is 4.98 Å². The first-order chi connectivity index (χ1) is 12.1. The first kappa shape index (κ1) is 16.8. The first-order valence-electron chi connectivity index (χ1n) is 8.21. The van der Waals surface area contributed by atoms with Gasteiger partial charge in [0.1, 0.15) is 5.69 Å². The molecule has 128 valence electrons. The lowest BCUT2D eigenvalue weighted by atomic mass is 9.88. The van der Waals surface area contributed by atoms with Crippen LogP contribution in [0.15, 0.2) is 54.6 Å². The molecule has 2 aromatic carbocycles. The Morgan fingerprint density at radius 3 is 2.52 bits per heavy atom. The summed E-state index contributed by atoms with van der Waals surface area (Å²) in [5, 5.41) is 0.885. The van der Waals surface area contributed by atoms with E-state index >= 15 is 0 Å². The van der Waals surface area contributed by atoms with E-state index in [4.69, 9.17) is 10.5 Å². The SMILES string of the molecule is CCOC(=O)CC(c1ccccc1)c1ccc2[nH]c(C(N)=O)cc2c1. The van der Waals surface area contributed by atoms with Gasteiger partial charge in [0.2, 0.25) is 0 Å². The second-order valence-electron chi connectivity index (χ2n) is 5.87. The van der Waals surface area contributed by atoms with Gasteiger partial charge in [-0.15, -0.1) is 0 Å². The van der Waals surface area contributed by atoms with Crippen molar-refractivity contribution >= 4 is 22.8 Å². The number of primary amides is 1. The fraction of sp³-hybridized carbons (Fsp3) is 0.200. The smallest absolute Gasteiger partial charge is 0.306 e. The highest BCUT2D eigenvalue weighted by molar-refractivity contribution is 5.97. The van der Waals surface area contributed by atoms with Gasteiger partial charge in [-0.2, -0.15) is 0 Å². The Hall–Kier alpha value is -3.08. The number of ether oxygens (including phenoxy) is 1. The molecule has 25 heavy (non-hydrogen) atoms. The van der Waals surface area contributed by atoms with E-state index in [1.165, 1.54) is 0 Å². The molecule has 0 aliphatic carbocycles. The Balaban J connectivity index is 2.01. The van der Waals surface area contributed by atoms with Crippen LogP contribution in [0.2, 0.25) is 0 Å². The lowest BCUT2D eigenvalue weighted by Gasteiger charge is -2.17. The average molecular weight is 336 g/mol. The van der Waals surface area contributed by atoms with Gasteiger partial charge in [0.25, 0.3) is 5.91 Å². The van der Waals surface area contributed by atoms with Crippen LogP contribution in [-0.4, -0.2) is 23.5 Å². The van der Waals surface area contributed by atoms with Crippen LogP contribution >= 0.6 is 0 Å². The summed E-state index contributed by atoms with van der Waals surface area (Å²) in [5.74, 6) is -0.844. The standard InChI is InChI=1S/C20H20N2O3/c1-2-25-19(23)12-16(13-6-4-3-5-7-13)14-8-9-17-15(10-14)11-18(22-17)20(21)24/h3-11,16,22H,2,12H2,1H3,(H2,21,24). The molecule has 5 heteroatoms. The lowest BCUT2D eigenvalue weighted by Crippen LogP contribution is -2.11. The van der Waals surface area contributed by atoms with Crippen molar-refractivity contribution in [2.24, 2.45) is 5.73 Å². The third-order valence-corrected chi connectivity index (χ3v) is 4.19. The molecule has 3 aromatic rings. The molecular weight excluding hydrogens is 316 g/mol. The molecule has 0 saturated carbocycles. The minimum absolute atomic E-state index is 0.114. The topological polar surface area (TPSA) is 85.2 Å². The molecule has 1 unspecified atom stereocenters. The van der Waals surface area contributed by atoms with Crippen molar-refractivity contribution in [3.63, 3.8) is 0 Å². The molecule has 1 heterocycles. The van der Waals surface area contributed by atoms with Crippen molar-refractivity contribution in [3.8, 4) is 0 Å². The number of H-pyrrole nitrogens is 1. The molecule has 0 fully saturated rings. The number of carbonyl (C=O) groups is 2. The van der Waals surface area contributed by atoms with Crippen LogP contribution in [0.5, 0.6) is 0 Å². The maximum atomic E-state index is 12.1. The van der Waals surface area contributed by atoms with Crippen molar-refractivity contribution in [3.05, 3.63) is 71.4 Å². The third-order valence-electron chi connectivity index (χ3n) is 4.19. The minimum Gasteiger partial charge on any atom is -0.466 e. The van der Waals surface area contributed by atoms with E-state index in [0.717, 1.165) is 22.0 Å². The summed E-state index contributed by atoms with van der Waals surface area (Å²) in [4.78, 5) is 26.4. The molecule has 0 radical (unpaired) electrons. The highest BCUT2D eigenvalue weighted by atomic mass is 16.5. The number of amides is 1. The summed E-state index contributed by atoms with van der Waals surface area (Å²) < 4.78 is 5.13. The van der Waals surface area contributed by atoms with Crippen molar-refractivity contribution in [1.82, 2.24) is 4.98 Å². The number of esters is 1. The average Bonchev–Trinajstić information content (AvgIpc) is 3.04. The van der Waals surface area contributed by atoms with Crippen LogP contribution < -0.4 is 5.73 Å². The molecular formula is C20H20N2O3. The summed E-state index contributed by atoms with van der Waals surface area (Å²) in [6, 6.07) is 17.4. The monoisotopic (exact) mass is 336 g/mol. The second-order valence-corrected chi connectivity index (χ2v) is 5.87. The van der Waals surface area contributed by atoms with Crippen molar-refractivity contribution in [2.45, 2.75) is 19.3 Å². The number of hydrogen-bond acceptors (Lipinski definition) is 3. The minimum atomic E-state index is -0.496. The van der Waals surface area contributed by atoms with Crippen LogP contribution in [0.25, 0.3) is 10.9 Å². The Bertz CT molecular complexity index is 900. The number of nitrogens with two attached hydrogens (primary N) is 1. The normalized spacial score (nSPS) is 12.0. The van der Waals surface area contributed by atoms with E-state index in [9.17, 15) is 9.59 Å². The van der Waals surface area contributed by atoms with Crippen LogP contribution in [0, 0.1) is 0 Å². The van der Waals surface area contributed by atoms with E-state index in [1.54, 1.807) is 13.0 Å². The lowest BCUT2D eigenvalue weighted by molar-refractivity contribution is -0.143. The Morgan fingerprint density at radius 2 is 1.84 bits per heavy atom. The number of carbonyl (C=O) groups excluding carboxylic acids is 2. The Kier molecular flexibility index (Phi) is 4.84. The van der Waals surface area contributed by atoms with Crippen LogP contribution in [0.1, 0.15) is 40.9 Å². The summed E-state index contributed by atoms with van der Waals surface area (Å²) in [7, 11) is 0. The molecule has 5 nitrogen and oxygen atoms in total. The highest BCUT2D eigenvalue weighted by Crippen LogP contribution is 2.31. The zero-order valence-corrected chi connectivity index (χ0v) is 14.0. The zero-order valence-electron chi connectivity index (χ0n) is 14.0. The largest absolute Gasteiger partial charge is 0.466 e. The van der Waals surface area contributed by atoms with Gasteiger partial charge in [-0.3, -0.25) is 9.59 Å². The fourth-order valence-electron chi connectivity index (χ4n) is 3.00. The number of aromatic nitrogens is 1. The maximum absolute atomic E-state index is 12.1. The van der Waals surface area contributed by atoms with Gasteiger partial charge in [0, 0.05) is 16.8 Å². The van der Waals surface area contributed by atoms with Gasteiger partial charge in [0.05, 0.1) is 13.0 Å². The summed E-state index contributed by atoms with van der Waals surface area (Å²) >= 11 is 0. The molecule has 1 atom stereocenters. The van der Waals surface area contributed by atoms with Gasteiger partial charge in [0.15, 0.2) is 0 Å². The third kappa shape index (κ3) is 3.71. The fourth-order valence-corrected chi connectivity index (χ4v) is 3.00. The molecule has 1 aromatic heterocycles. The maximum Gasteiger partial charge on any atom is 0.306 e. The number of fused-ring (bicyclic) bond motifs is 1. The molecule has 1 amide bonds. The first-order valence-corrected chi connectivity index (χ1v) is 8.21. The van der Waals surface area contributed by atoms with Crippen molar-refractivity contribution in [1.29, 1.82) is 0 Å². The van der Waals surface area contributed by atoms with E-state index in [1.807, 2.05) is 48.5 Å². The van der Waals surface area contributed by atoms with Crippen LogP contribution in [-0.2, 0) is 9.53 Å². The number of hydrogen-bond donors (Lipinski definition) is 2. The van der Waals surface area contributed by atoms with Gasteiger partial charge in [-0.1, -0.05) is 36.4 Å². The quantitative estimate of drug-likeness (QED) is 0.677. The molecule has 0 spiro atoms. The van der Waals surface area contributed by atoms with Crippen molar-refractivity contribution < 1.29 is 14.3 Å². The molecule has 3 rings (SSSR count).